The van der Waals surface area contributed by atoms with Crippen LogP contribution in [0.5, 0.6) is 0 Å². The number of aliphatic carboxylic acids is 1. The highest BCUT2D eigenvalue weighted by atomic mass is 32.1. The molecule has 2 bridgehead atoms. The highest BCUT2D eigenvalue weighted by Crippen LogP contribution is 2.28. The van der Waals surface area contributed by atoms with Gasteiger partial charge in [-0.05, 0) is 57.0 Å². The van der Waals surface area contributed by atoms with Gasteiger partial charge >= 0.3 is 5.97 Å². The van der Waals surface area contributed by atoms with Gasteiger partial charge in [-0.15, -0.1) is 11.3 Å². The largest absolute Gasteiger partial charge is 0.478 e. The molecule has 2 N–H and O–H groups in total. The number of nitrogens with one attached hydrogen (secondary N) is 1. The molecule has 1 atom stereocenters. The lowest BCUT2D eigenvalue weighted by Gasteiger charge is -2.44. The number of carbonyl (C=O) groups excluding carboxylic acids is 1. The predicted octanol–water partition coefficient (Wildman–Crippen LogP) is 2.77. The Morgan fingerprint density at radius 2 is 2.12 bits per heavy atom. The van der Waals surface area contributed by atoms with Crippen molar-refractivity contribution in [3.05, 3.63) is 41.4 Å². The van der Waals surface area contributed by atoms with Gasteiger partial charge in [-0.1, -0.05) is 6.08 Å². The van der Waals surface area contributed by atoms with Crippen LogP contribution in [-0.4, -0.2) is 52.5 Å². The molecule has 0 radical (unpaired) electrons. The summed E-state index contributed by atoms with van der Waals surface area (Å²) in [4.78, 5) is 28.6. The molecule has 0 saturated carbocycles. The molecule has 7 heteroatoms. The fourth-order valence-electron chi connectivity index (χ4n) is 3.52. The van der Waals surface area contributed by atoms with Crippen molar-refractivity contribution in [3.8, 4) is 0 Å². The monoisotopic (exact) mass is 373 g/mol. The Labute approximate surface area is 156 Å². The molecule has 5 rings (SSSR count). The Bertz CT molecular complexity index is 809. The molecule has 1 amide bonds. The van der Waals surface area contributed by atoms with Crippen molar-refractivity contribution >= 4 is 33.4 Å². The smallest absolute Gasteiger partial charge is 0.327 e. The first-order valence-electron chi connectivity index (χ1n) is 8.79. The number of aromatic nitrogens is 1. The van der Waals surface area contributed by atoms with E-state index in [2.05, 4.69) is 15.2 Å². The fraction of sp³-hybridized carbons (Fsp3) is 0.421. The van der Waals surface area contributed by atoms with Crippen molar-refractivity contribution in [2.24, 2.45) is 5.92 Å². The first-order chi connectivity index (χ1) is 12.6. The van der Waals surface area contributed by atoms with Crippen molar-refractivity contribution in [3.63, 3.8) is 0 Å². The lowest BCUT2D eigenvalue weighted by molar-refractivity contribution is -0.131. The van der Waals surface area contributed by atoms with Gasteiger partial charge < -0.3 is 15.3 Å². The highest BCUT2D eigenvalue weighted by molar-refractivity contribution is 7.16. The summed E-state index contributed by atoms with van der Waals surface area (Å²) in [5.74, 6) is -0.173. The van der Waals surface area contributed by atoms with Crippen LogP contribution in [-0.2, 0) is 4.79 Å². The molecule has 2 aromatic rings. The predicted molar refractivity (Wildman–Crippen MR) is 102 cm³/mol. The quantitative estimate of drug-likeness (QED) is 0.809. The summed E-state index contributed by atoms with van der Waals surface area (Å²) >= 11 is 1.58. The molecule has 1 aromatic heterocycles. The molecule has 1 aromatic carbocycles. The Balaban J connectivity index is 0.000000286. The maximum atomic E-state index is 12.4. The van der Waals surface area contributed by atoms with E-state index < -0.39 is 5.97 Å². The number of hydrogen-bond acceptors (Lipinski definition) is 5. The third-order valence-corrected chi connectivity index (χ3v) is 5.67. The van der Waals surface area contributed by atoms with Crippen molar-refractivity contribution in [1.29, 1.82) is 0 Å². The maximum Gasteiger partial charge on any atom is 0.327 e. The number of nitrogens with zero attached hydrogens (tertiary/aromatic N) is 2. The number of fused-ring (bicyclic) bond motifs is 4. The van der Waals surface area contributed by atoms with Crippen LogP contribution in [0, 0.1) is 5.92 Å². The van der Waals surface area contributed by atoms with Gasteiger partial charge in [0.25, 0.3) is 5.91 Å². The van der Waals surface area contributed by atoms with Crippen LogP contribution in [0.3, 0.4) is 0 Å². The Hall–Kier alpha value is -2.25. The Kier molecular flexibility index (Phi) is 6.00. The van der Waals surface area contributed by atoms with Crippen molar-refractivity contribution in [2.45, 2.75) is 25.8 Å². The second-order valence-corrected chi connectivity index (χ2v) is 7.48. The number of piperidine rings is 3. The molecule has 3 saturated heterocycles. The summed E-state index contributed by atoms with van der Waals surface area (Å²) in [7, 11) is 0. The number of carboxylic acids is 1. The van der Waals surface area contributed by atoms with Crippen molar-refractivity contribution < 1.29 is 14.7 Å². The number of amides is 1. The summed E-state index contributed by atoms with van der Waals surface area (Å²) < 4.78 is 1.08. The average molecular weight is 373 g/mol. The summed E-state index contributed by atoms with van der Waals surface area (Å²) in [6, 6.07) is 6.07. The van der Waals surface area contributed by atoms with E-state index in [9.17, 15) is 9.59 Å². The normalized spacial score (nSPS) is 24.3. The van der Waals surface area contributed by atoms with E-state index in [0.717, 1.165) is 28.4 Å². The molecule has 0 unspecified atom stereocenters. The van der Waals surface area contributed by atoms with Gasteiger partial charge in [0.2, 0.25) is 0 Å². The Morgan fingerprint density at radius 3 is 2.69 bits per heavy atom. The van der Waals surface area contributed by atoms with Crippen LogP contribution in [0.15, 0.2) is 35.9 Å². The minimum Gasteiger partial charge on any atom is -0.478 e. The molecule has 26 heavy (non-hydrogen) atoms. The fourth-order valence-corrected chi connectivity index (χ4v) is 4.24. The first kappa shape index (κ1) is 18.5. The molecule has 4 heterocycles. The van der Waals surface area contributed by atoms with Crippen LogP contribution in [0.4, 0.5) is 0 Å². The van der Waals surface area contributed by atoms with E-state index in [-0.39, 0.29) is 5.91 Å². The minimum absolute atomic E-state index is 0.0547. The molecule has 0 aliphatic carbocycles. The zero-order valence-electron chi connectivity index (χ0n) is 14.7. The summed E-state index contributed by atoms with van der Waals surface area (Å²) in [5.41, 5.74) is 3.53. The number of carboxylic acid groups (broad SMARTS) is 1. The third-order valence-electron chi connectivity index (χ3n) is 4.88. The van der Waals surface area contributed by atoms with Crippen LogP contribution < -0.4 is 5.32 Å². The minimum atomic E-state index is -0.891. The lowest BCUT2D eigenvalue weighted by Crippen LogP contribution is -2.57. The zero-order chi connectivity index (χ0) is 18.5. The number of allylic oxidation sites excluding steroid dienone is 1. The van der Waals surface area contributed by atoms with Gasteiger partial charge in [0.05, 0.1) is 15.7 Å². The van der Waals surface area contributed by atoms with Crippen LogP contribution in [0.2, 0.25) is 0 Å². The van der Waals surface area contributed by atoms with E-state index >= 15 is 0 Å². The number of thiazole rings is 1. The molecular weight excluding hydrogens is 350 g/mol. The number of hydrogen-bond donors (Lipinski definition) is 2. The topological polar surface area (TPSA) is 82.5 Å². The molecule has 0 spiro atoms. The molecule has 3 aliphatic heterocycles. The Morgan fingerprint density at radius 1 is 1.35 bits per heavy atom. The highest BCUT2D eigenvalue weighted by Gasteiger charge is 2.34. The molecular formula is C19H23N3O3S. The molecule has 3 aliphatic rings. The van der Waals surface area contributed by atoms with E-state index in [1.807, 2.05) is 23.7 Å². The van der Waals surface area contributed by atoms with Gasteiger partial charge in [-0.25, -0.2) is 9.78 Å². The lowest BCUT2D eigenvalue weighted by atomic mass is 9.84. The van der Waals surface area contributed by atoms with E-state index in [4.69, 9.17) is 5.11 Å². The molecule has 138 valence electrons. The van der Waals surface area contributed by atoms with Gasteiger partial charge in [-0.2, -0.15) is 0 Å². The second kappa shape index (κ2) is 8.42. The van der Waals surface area contributed by atoms with Crippen molar-refractivity contribution in [2.75, 3.05) is 19.6 Å². The first-order valence-corrected chi connectivity index (χ1v) is 9.67. The third kappa shape index (κ3) is 4.47. The second-order valence-electron chi connectivity index (χ2n) is 6.59. The summed E-state index contributed by atoms with van der Waals surface area (Å²) in [6.07, 6.45) is 5.00. The average Bonchev–Trinajstić information content (AvgIpc) is 3.11. The number of carbonyl (C=O) groups is 2. The standard InChI is InChI=1S/C15H17N3OS.C4H6O2/c19-15(11-1-2-12-14(7-11)20-9-16-12)17-13-8-18-5-3-10(13)4-6-18;1-2-3-4(5)6/h1-2,7,9-10,13H,3-6,8H2,(H,17,19);2-3H,1H3,(H,5,6)/b;3-2+/t13-;/m0./s1. The van der Waals surface area contributed by atoms with Gasteiger partial charge in [0.1, 0.15) is 0 Å². The van der Waals surface area contributed by atoms with E-state index in [1.165, 1.54) is 32.0 Å². The molecule has 6 nitrogen and oxygen atoms in total. The van der Waals surface area contributed by atoms with Gasteiger partial charge in [0.15, 0.2) is 0 Å². The maximum absolute atomic E-state index is 12.4. The summed E-state index contributed by atoms with van der Waals surface area (Å²) in [6.45, 7) is 5.07. The number of benzene rings is 1. The van der Waals surface area contributed by atoms with Gasteiger partial charge in [-0.3, -0.25) is 4.79 Å². The zero-order valence-corrected chi connectivity index (χ0v) is 15.5. The van der Waals surface area contributed by atoms with Crippen molar-refractivity contribution in [1.82, 2.24) is 15.2 Å². The molecule has 3 fully saturated rings. The van der Waals surface area contributed by atoms with Crippen LogP contribution in [0.1, 0.15) is 30.1 Å². The van der Waals surface area contributed by atoms with Gasteiger partial charge in [0, 0.05) is 24.2 Å². The summed E-state index contributed by atoms with van der Waals surface area (Å²) in [5, 5.41) is 11.1. The van der Waals surface area contributed by atoms with Crippen LogP contribution >= 0.6 is 11.3 Å². The van der Waals surface area contributed by atoms with Crippen LogP contribution in [0.25, 0.3) is 10.2 Å². The van der Waals surface area contributed by atoms with E-state index in [0.29, 0.717) is 12.0 Å². The van der Waals surface area contributed by atoms with E-state index in [1.54, 1.807) is 18.3 Å². The SMILES string of the molecule is C/C=C/C(=O)O.O=C(N[C@H]1CN2CCC1CC2)c1ccc2ncsc2c1. The number of rotatable bonds is 3.